The Kier molecular flexibility index (Phi) is 6.35. The van der Waals surface area contributed by atoms with Gasteiger partial charge in [0.1, 0.15) is 5.82 Å². The summed E-state index contributed by atoms with van der Waals surface area (Å²) >= 11 is 0. The molecule has 1 unspecified atom stereocenters. The van der Waals surface area contributed by atoms with Gasteiger partial charge in [0.15, 0.2) is 5.52 Å². The number of rotatable bonds is 7. The maximum Gasteiger partial charge on any atom is 0.295 e. The van der Waals surface area contributed by atoms with Crippen LogP contribution in [0.15, 0.2) is 59.4 Å². The first-order chi connectivity index (χ1) is 15.8. The van der Waals surface area contributed by atoms with Crippen LogP contribution in [0.2, 0.25) is 0 Å². The van der Waals surface area contributed by atoms with E-state index in [0.29, 0.717) is 18.5 Å². The summed E-state index contributed by atoms with van der Waals surface area (Å²) in [7, 11) is 0. The van der Waals surface area contributed by atoms with E-state index in [1.54, 1.807) is 16.8 Å². The number of hydrogen-bond acceptors (Lipinski definition) is 4. The van der Waals surface area contributed by atoms with Crippen molar-refractivity contribution in [3.05, 3.63) is 87.7 Å². The Hall–Kier alpha value is -3.81. The van der Waals surface area contributed by atoms with Crippen LogP contribution in [-0.2, 0) is 11.3 Å². The number of aromatic nitrogens is 4. The maximum absolute atomic E-state index is 13.1. The average molecular weight is 448 g/mol. The van der Waals surface area contributed by atoms with Gasteiger partial charge in [0, 0.05) is 13.0 Å². The molecule has 7 nitrogen and oxygen atoms in total. The van der Waals surface area contributed by atoms with E-state index >= 15 is 0 Å². The molecule has 2 aromatic heterocycles. The number of hydrogen-bond donors (Lipinski definition) is 1. The van der Waals surface area contributed by atoms with Crippen molar-refractivity contribution in [3.63, 3.8) is 0 Å². The van der Waals surface area contributed by atoms with Gasteiger partial charge in [-0.1, -0.05) is 30.3 Å². The largest absolute Gasteiger partial charge is 0.350 e. The zero-order valence-electron chi connectivity index (χ0n) is 18.9. The molecule has 8 heteroatoms. The summed E-state index contributed by atoms with van der Waals surface area (Å²) in [5.41, 5.74) is 3.39. The molecule has 0 radical (unpaired) electrons. The van der Waals surface area contributed by atoms with Gasteiger partial charge in [-0.15, -0.1) is 0 Å². The summed E-state index contributed by atoms with van der Waals surface area (Å²) < 4.78 is 16.2. The topological polar surface area (TPSA) is 81.8 Å². The van der Waals surface area contributed by atoms with E-state index in [9.17, 15) is 14.0 Å². The minimum Gasteiger partial charge on any atom is -0.350 e. The average Bonchev–Trinajstić information content (AvgIpc) is 3.16. The van der Waals surface area contributed by atoms with E-state index < -0.39 is 0 Å². The molecule has 0 aliphatic heterocycles. The molecule has 0 bridgehead atoms. The van der Waals surface area contributed by atoms with Crippen LogP contribution in [0.5, 0.6) is 0 Å². The number of para-hydroxylation sites is 1. The van der Waals surface area contributed by atoms with Gasteiger partial charge in [-0.2, -0.15) is 10.2 Å². The smallest absolute Gasteiger partial charge is 0.295 e. The molecular formula is C25H26FN5O2. The molecule has 0 aliphatic rings. The van der Waals surface area contributed by atoms with Crippen molar-refractivity contribution in [3.8, 4) is 5.69 Å². The Morgan fingerprint density at radius 3 is 2.45 bits per heavy atom. The predicted molar refractivity (Wildman–Crippen MR) is 125 cm³/mol. The standard InChI is InChI=1S/C25H26FN5O2/c1-16(19-11-13-20(26)14-12-19)27-22(32)10-7-15-30-25(33)24-23(17(2)28-30)18(3)31(29-24)21-8-5-4-6-9-21/h4-6,8-9,11-14,16H,7,10,15H2,1-3H3,(H,27,32). The Balaban J connectivity index is 1.46. The second-order valence-electron chi connectivity index (χ2n) is 8.11. The van der Waals surface area contributed by atoms with Crippen molar-refractivity contribution in [2.75, 3.05) is 0 Å². The first kappa shape index (κ1) is 22.4. The quantitative estimate of drug-likeness (QED) is 0.464. The molecule has 33 heavy (non-hydrogen) atoms. The van der Waals surface area contributed by atoms with E-state index in [1.165, 1.54) is 16.8 Å². The SMILES string of the molecule is Cc1nn(CCCC(=O)NC(C)c2ccc(F)cc2)c(=O)c2nn(-c3ccccc3)c(C)c12. The van der Waals surface area contributed by atoms with Gasteiger partial charge in [-0.3, -0.25) is 9.59 Å². The Morgan fingerprint density at radius 1 is 1.06 bits per heavy atom. The number of nitrogens with one attached hydrogen (secondary N) is 1. The van der Waals surface area contributed by atoms with Crippen LogP contribution < -0.4 is 10.9 Å². The molecule has 0 fully saturated rings. The minimum absolute atomic E-state index is 0.137. The fraction of sp³-hybridized carbons (Fsp3) is 0.280. The fourth-order valence-electron chi connectivity index (χ4n) is 3.99. The molecule has 2 heterocycles. The van der Waals surface area contributed by atoms with Gasteiger partial charge in [-0.25, -0.2) is 13.8 Å². The van der Waals surface area contributed by atoms with Crippen molar-refractivity contribution >= 4 is 16.8 Å². The summed E-state index contributed by atoms with van der Waals surface area (Å²) in [6, 6.07) is 15.5. The van der Waals surface area contributed by atoms with Crippen LogP contribution >= 0.6 is 0 Å². The molecule has 2 aromatic carbocycles. The number of carbonyl (C=O) groups is 1. The van der Waals surface area contributed by atoms with Gasteiger partial charge in [0.2, 0.25) is 5.91 Å². The summed E-state index contributed by atoms with van der Waals surface area (Å²) in [5.74, 6) is -0.451. The van der Waals surface area contributed by atoms with Crippen LogP contribution in [0.4, 0.5) is 4.39 Å². The third kappa shape index (κ3) is 4.69. The van der Waals surface area contributed by atoms with Crippen LogP contribution in [0.1, 0.15) is 42.8 Å². The summed E-state index contributed by atoms with van der Waals surface area (Å²) in [6.45, 7) is 5.94. The van der Waals surface area contributed by atoms with Gasteiger partial charge in [-0.05, 0) is 57.0 Å². The molecule has 0 saturated carbocycles. The highest BCUT2D eigenvalue weighted by Crippen LogP contribution is 2.21. The second-order valence-corrected chi connectivity index (χ2v) is 8.11. The molecule has 4 rings (SSSR count). The predicted octanol–water partition coefficient (Wildman–Crippen LogP) is 4.00. The van der Waals surface area contributed by atoms with Crippen molar-refractivity contribution in [2.24, 2.45) is 0 Å². The third-order valence-corrected chi connectivity index (χ3v) is 5.71. The fourth-order valence-corrected chi connectivity index (χ4v) is 3.99. The molecule has 1 amide bonds. The lowest BCUT2D eigenvalue weighted by molar-refractivity contribution is -0.121. The summed E-state index contributed by atoms with van der Waals surface area (Å²) in [4.78, 5) is 25.4. The maximum atomic E-state index is 13.1. The number of nitrogens with zero attached hydrogens (tertiary/aromatic N) is 4. The van der Waals surface area contributed by atoms with Gasteiger partial charge in [0.05, 0.1) is 28.5 Å². The van der Waals surface area contributed by atoms with Crippen LogP contribution in [0.25, 0.3) is 16.6 Å². The van der Waals surface area contributed by atoms with E-state index in [2.05, 4.69) is 15.5 Å². The van der Waals surface area contributed by atoms with Crippen LogP contribution in [0.3, 0.4) is 0 Å². The van der Waals surface area contributed by atoms with Crippen molar-refractivity contribution in [2.45, 2.75) is 46.2 Å². The van der Waals surface area contributed by atoms with Crippen molar-refractivity contribution < 1.29 is 9.18 Å². The monoisotopic (exact) mass is 447 g/mol. The highest BCUT2D eigenvalue weighted by Gasteiger charge is 2.17. The molecule has 0 aliphatic carbocycles. The van der Waals surface area contributed by atoms with E-state index in [1.807, 2.05) is 51.1 Å². The molecule has 0 saturated heterocycles. The van der Waals surface area contributed by atoms with Crippen LogP contribution in [0, 0.1) is 19.7 Å². The van der Waals surface area contributed by atoms with Crippen LogP contribution in [-0.4, -0.2) is 25.5 Å². The Bertz CT molecular complexity index is 1340. The lowest BCUT2D eigenvalue weighted by Crippen LogP contribution is -2.28. The number of aryl methyl sites for hydroxylation is 3. The summed E-state index contributed by atoms with van der Waals surface area (Å²) in [6.07, 6.45) is 0.701. The molecule has 1 atom stereocenters. The summed E-state index contributed by atoms with van der Waals surface area (Å²) in [5, 5.41) is 12.7. The minimum atomic E-state index is -0.314. The zero-order chi connectivity index (χ0) is 23.5. The molecule has 1 N–H and O–H groups in total. The number of fused-ring (bicyclic) bond motifs is 1. The van der Waals surface area contributed by atoms with E-state index in [0.717, 1.165) is 28.0 Å². The van der Waals surface area contributed by atoms with Gasteiger partial charge >= 0.3 is 0 Å². The first-order valence-electron chi connectivity index (χ1n) is 10.9. The molecule has 4 aromatic rings. The molecular weight excluding hydrogens is 421 g/mol. The molecule has 170 valence electrons. The Morgan fingerprint density at radius 2 is 1.76 bits per heavy atom. The first-order valence-corrected chi connectivity index (χ1v) is 10.9. The lowest BCUT2D eigenvalue weighted by Gasteiger charge is -2.14. The lowest BCUT2D eigenvalue weighted by atomic mass is 10.1. The van der Waals surface area contributed by atoms with E-state index in [4.69, 9.17) is 0 Å². The number of amides is 1. The highest BCUT2D eigenvalue weighted by molar-refractivity contribution is 5.83. The van der Waals surface area contributed by atoms with Gasteiger partial charge in [0.25, 0.3) is 5.56 Å². The van der Waals surface area contributed by atoms with E-state index in [-0.39, 0.29) is 29.7 Å². The zero-order valence-corrected chi connectivity index (χ0v) is 18.9. The highest BCUT2D eigenvalue weighted by atomic mass is 19.1. The Labute approximate surface area is 190 Å². The number of benzene rings is 2. The number of halogens is 1. The van der Waals surface area contributed by atoms with Crippen molar-refractivity contribution in [1.29, 1.82) is 0 Å². The van der Waals surface area contributed by atoms with Gasteiger partial charge < -0.3 is 5.32 Å². The number of carbonyl (C=O) groups excluding carboxylic acids is 1. The van der Waals surface area contributed by atoms with Crippen molar-refractivity contribution in [1.82, 2.24) is 24.9 Å². The second kappa shape index (κ2) is 9.36. The molecule has 0 spiro atoms. The normalized spacial score (nSPS) is 12.1. The third-order valence-electron chi connectivity index (χ3n) is 5.71.